The highest BCUT2D eigenvalue weighted by Gasteiger charge is 2.25. The van der Waals surface area contributed by atoms with Gasteiger partial charge in [-0.1, -0.05) is 35.6 Å². The molecule has 0 saturated carbocycles. The average molecular weight is 424 g/mol. The molecule has 0 aliphatic carbocycles. The standard InChI is InChI=1S/C23H25N3O3S/c1-4-28-18-11-7-12-20-21(18)24-23(30-20)26(14-8-13-25(2)3)22(27)19-15-16-9-5-6-10-17(16)29-19/h5-7,9-12,15H,4,8,13-14H2,1-3H3. The number of hydrogen-bond acceptors (Lipinski definition) is 6. The van der Waals surface area contributed by atoms with E-state index in [1.807, 2.05) is 63.5 Å². The Kier molecular flexibility index (Phi) is 6.01. The molecule has 4 aromatic rings. The van der Waals surface area contributed by atoms with Crippen molar-refractivity contribution in [3.63, 3.8) is 0 Å². The van der Waals surface area contributed by atoms with Crippen LogP contribution in [0.1, 0.15) is 23.9 Å². The molecule has 0 aliphatic heterocycles. The van der Waals surface area contributed by atoms with E-state index in [2.05, 4.69) is 4.90 Å². The number of carbonyl (C=O) groups excluding carboxylic acids is 1. The number of anilines is 1. The van der Waals surface area contributed by atoms with Gasteiger partial charge >= 0.3 is 0 Å². The molecule has 4 rings (SSSR count). The second-order valence-corrected chi connectivity index (χ2v) is 8.30. The molecule has 156 valence electrons. The number of thiazole rings is 1. The molecule has 2 aromatic carbocycles. The van der Waals surface area contributed by atoms with E-state index in [4.69, 9.17) is 14.1 Å². The number of ether oxygens (including phenoxy) is 1. The van der Waals surface area contributed by atoms with Gasteiger partial charge in [-0.25, -0.2) is 4.98 Å². The van der Waals surface area contributed by atoms with Crippen LogP contribution >= 0.6 is 11.3 Å². The highest BCUT2D eigenvalue weighted by atomic mass is 32.1. The number of para-hydroxylation sites is 2. The van der Waals surface area contributed by atoms with Gasteiger partial charge in [0.05, 0.1) is 11.3 Å². The lowest BCUT2D eigenvalue weighted by molar-refractivity contribution is 0.0961. The van der Waals surface area contributed by atoms with Crippen molar-refractivity contribution in [2.75, 3.05) is 38.7 Å². The Balaban J connectivity index is 1.71. The molecule has 2 heterocycles. The van der Waals surface area contributed by atoms with Crippen LogP contribution in [0.2, 0.25) is 0 Å². The van der Waals surface area contributed by atoms with Crippen LogP contribution in [0.4, 0.5) is 5.13 Å². The van der Waals surface area contributed by atoms with Crippen molar-refractivity contribution in [3.05, 3.63) is 54.3 Å². The third-order valence-electron chi connectivity index (χ3n) is 4.77. The normalized spacial score (nSPS) is 11.5. The summed E-state index contributed by atoms with van der Waals surface area (Å²) in [5.41, 5.74) is 1.49. The van der Waals surface area contributed by atoms with Crippen LogP contribution in [0.5, 0.6) is 5.75 Å². The highest BCUT2D eigenvalue weighted by Crippen LogP contribution is 2.35. The summed E-state index contributed by atoms with van der Waals surface area (Å²) < 4.78 is 12.6. The highest BCUT2D eigenvalue weighted by molar-refractivity contribution is 7.22. The number of amides is 1. The van der Waals surface area contributed by atoms with Crippen LogP contribution in [-0.4, -0.2) is 49.6 Å². The zero-order valence-electron chi connectivity index (χ0n) is 17.4. The first-order valence-electron chi connectivity index (χ1n) is 10.0. The number of nitrogens with zero attached hydrogens (tertiary/aromatic N) is 3. The first-order chi connectivity index (χ1) is 14.6. The van der Waals surface area contributed by atoms with Gasteiger partial charge < -0.3 is 14.1 Å². The van der Waals surface area contributed by atoms with Gasteiger partial charge in [0, 0.05) is 11.9 Å². The van der Waals surface area contributed by atoms with Crippen LogP contribution < -0.4 is 9.64 Å². The molecular formula is C23H25N3O3S. The monoisotopic (exact) mass is 423 g/mol. The van der Waals surface area contributed by atoms with E-state index in [1.165, 1.54) is 11.3 Å². The van der Waals surface area contributed by atoms with Crippen LogP contribution in [0.3, 0.4) is 0 Å². The molecule has 6 nitrogen and oxygen atoms in total. The minimum atomic E-state index is -0.179. The number of fused-ring (bicyclic) bond motifs is 2. The first kappa shape index (κ1) is 20.4. The molecule has 7 heteroatoms. The Morgan fingerprint density at radius 2 is 1.97 bits per heavy atom. The van der Waals surface area contributed by atoms with E-state index in [0.717, 1.165) is 34.3 Å². The van der Waals surface area contributed by atoms with Crippen molar-refractivity contribution in [2.45, 2.75) is 13.3 Å². The molecular weight excluding hydrogens is 398 g/mol. The van der Waals surface area contributed by atoms with Gasteiger partial charge in [0.2, 0.25) is 0 Å². The van der Waals surface area contributed by atoms with E-state index >= 15 is 0 Å². The summed E-state index contributed by atoms with van der Waals surface area (Å²) in [5, 5.41) is 1.57. The fourth-order valence-electron chi connectivity index (χ4n) is 3.35. The maximum Gasteiger partial charge on any atom is 0.295 e. The number of hydrogen-bond donors (Lipinski definition) is 0. The van der Waals surface area contributed by atoms with E-state index in [1.54, 1.807) is 11.0 Å². The molecule has 0 spiro atoms. The van der Waals surface area contributed by atoms with Gasteiger partial charge in [0.25, 0.3) is 5.91 Å². The summed E-state index contributed by atoms with van der Waals surface area (Å²) in [6, 6.07) is 15.3. The van der Waals surface area contributed by atoms with E-state index < -0.39 is 0 Å². The van der Waals surface area contributed by atoms with Gasteiger partial charge in [-0.2, -0.15) is 0 Å². The molecule has 0 fully saturated rings. The smallest absolute Gasteiger partial charge is 0.295 e. The summed E-state index contributed by atoms with van der Waals surface area (Å²) in [6.07, 6.45) is 0.827. The third kappa shape index (κ3) is 4.17. The number of furan rings is 1. The molecule has 30 heavy (non-hydrogen) atoms. The van der Waals surface area contributed by atoms with Gasteiger partial charge in [0.15, 0.2) is 10.9 Å². The molecule has 0 N–H and O–H groups in total. The summed E-state index contributed by atoms with van der Waals surface area (Å²) in [6.45, 7) is 3.94. The fourth-order valence-corrected chi connectivity index (χ4v) is 4.36. The van der Waals surface area contributed by atoms with Gasteiger partial charge in [-0.05, 0) is 58.3 Å². The molecule has 0 aliphatic rings. The van der Waals surface area contributed by atoms with Crippen LogP contribution in [0.15, 0.2) is 52.9 Å². The Morgan fingerprint density at radius 3 is 2.73 bits per heavy atom. The van der Waals surface area contributed by atoms with Crippen LogP contribution in [0.25, 0.3) is 21.2 Å². The number of aromatic nitrogens is 1. The number of rotatable bonds is 8. The quantitative estimate of drug-likeness (QED) is 0.397. The van der Waals surface area contributed by atoms with Crippen molar-refractivity contribution in [2.24, 2.45) is 0 Å². The number of carbonyl (C=O) groups is 1. The Hall–Kier alpha value is -2.90. The summed E-state index contributed by atoms with van der Waals surface area (Å²) in [5.74, 6) is 0.884. The lowest BCUT2D eigenvalue weighted by Gasteiger charge is -2.19. The first-order valence-corrected chi connectivity index (χ1v) is 10.9. The van der Waals surface area contributed by atoms with Crippen molar-refractivity contribution >= 4 is 43.6 Å². The molecule has 0 saturated heterocycles. The fraction of sp³-hybridized carbons (Fsp3) is 0.304. The predicted molar refractivity (Wildman–Crippen MR) is 122 cm³/mol. The molecule has 1 amide bonds. The maximum absolute atomic E-state index is 13.4. The summed E-state index contributed by atoms with van der Waals surface area (Å²) in [7, 11) is 4.05. The lowest BCUT2D eigenvalue weighted by Crippen LogP contribution is -2.33. The molecule has 0 unspecified atom stereocenters. The van der Waals surface area contributed by atoms with Gasteiger partial charge in [0.1, 0.15) is 16.8 Å². The van der Waals surface area contributed by atoms with Crippen molar-refractivity contribution in [1.82, 2.24) is 9.88 Å². The molecule has 0 radical (unpaired) electrons. The summed E-state index contributed by atoms with van der Waals surface area (Å²) in [4.78, 5) is 22.0. The maximum atomic E-state index is 13.4. The van der Waals surface area contributed by atoms with Gasteiger partial charge in [-0.3, -0.25) is 9.69 Å². The Morgan fingerprint density at radius 1 is 1.13 bits per heavy atom. The Bertz CT molecular complexity index is 1130. The third-order valence-corrected chi connectivity index (χ3v) is 5.81. The van der Waals surface area contributed by atoms with Crippen molar-refractivity contribution in [3.8, 4) is 5.75 Å². The number of benzene rings is 2. The molecule has 0 bridgehead atoms. The average Bonchev–Trinajstić information content (AvgIpc) is 3.35. The minimum Gasteiger partial charge on any atom is -0.492 e. The molecule has 2 aromatic heterocycles. The second kappa shape index (κ2) is 8.85. The summed E-state index contributed by atoms with van der Waals surface area (Å²) >= 11 is 1.49. The van der Waals surface area contributed by atoms with Crippen LogP contribution in [0, 0.1) is 0 Å². The van der Waals surface area contributed by atoms with E-state index in [9.17, 15) is 4.79 Å². The van der Waals surface area contributed by atoms with Crippen molar-refractivity contribution < 1.29 is 13.9 Å². The second-order valence-electron chi connectivity index (χ2n) is 7.29. The van der Waals surface area contributed by atoms with E-state index in [0.29, 0.717) is 29.6 Å². The Labute approximate surface area is 179 Å². The minimum absolute atomic E-state index is 0.179. The van der Waals surface area contributed by atoms with Crippen LogP contribution in [-0.2, 0) is 0 Å². The predicted octanol–water partition coefficient (Wildman–Crippen LogP) is 5.04. The SMILES string of the molecule is CCOc1cccc2sc(N(CCCN(C)C)C(=O)c3cc4ccccc4o3)nc12. The van der Waals surface area contributed by atoms with Gasteiger partial charge in [-0.15, -0.1) is 0 Å². The lowest BCUT2D eigenvalue weighted by atomic mass is 10.2. The van der Waals surface area contributed by atoms with E-state index in [-0.39, 0.29) is 5.91 Å². The molecule has 0 atom stereocenters. The topological polar surface area (TPSA) is 58.8 Å². The zero-order chi connectivity index (χ0) is 21.1. The largest absolute Gasteiger partial charge is 0.492 e. The van der Waals surface area contributed by atoms with Crippen molar-refractivity contribution in [1.29, 1.82) is 0 Å². The zero-order valence-corrected chi connectivity index (χ0v) is 18.2.